The molecule has 2 aromatic carbocycles. The normalized spacial score (nSPS) is 16.5. The van der Waals surface area contributed by atoms with Gasteiger partial charge < -0.3 is 10.2 Å². The zero-order chi connectivity index (χ0) is 19.2. The summed E-state index contributed by atoms with van der Waals surface area (Å²) in [7, 11) is 0. The number of carbonyl (C=O) groups is 1. The highest BCUT2D eigenvalue weighted by molar-refractivity contribution is 6.30. The van der Waals surface area contributed by atoms with Crippen molar-refractivity contribution in [1.29, 1.82) is 0 Å². The number of piperidine rings is 1. The molecule has 1 atom stereocenters. The van der Waals surface area contributed by atoms with Crippen molar-refractivity contribution in [3.8, 4) is 0 Å². The van der Waals surface area contributed by atoms with Crippen LogP contribution < -0.4 is 10.2 Å². The largest absolute Gasteiger partial charge is 0.372 e. The van der Waals surface area contributed by atoms with E-state index in [9.17, 15) is 4.79 Å². The quantitative estimate of drug-likeness (QED) is 0.695. The first kappa shape index (κ1) is 19.5. The van der Waals surface area contributed by atoms with E-state index in [1.165, 1.54) is 18.5 Å². The van der Waals surface area contributed by atoms with Crippen LogP contribution in [-0.4, -0.2) is 19.0 Å². The van der Waals surface area contributed by atoms with E-state index in [1.54, 1.807) is 12.2 Å². The lowest BCUT2D eigenvalue weighted by Crippen LogP contribution is -2.32. The molecule has 0 aromatic heterocycles. The maximum absolute atomic E-state index is 12.2. The molecule has 0 aliphatic carbocycles. The molecule has 1 fully saturated rings. The lowest BCUT2D eigenvalue weighted by molar-refractivity contribution is -0.117. The van der Waals surface area contributed by atoms with Crippen LogP contribution in [0.1, 0.15) is 43.9 Å². The maximum Gasteiger partial charge on any atom is 0.244 e. The number of benzene rings is 2. The number of anilines is 1. The van der Waals surface area contributed by atoms with Gasteiger partial charge in [0.05, 0.1) is 6.04 Å². The molecule has 0 spiro atoms. The molecule has 0 radical (unpaired) electrons. The second-order valence-corrected chi connectivity index (χ2v) is 7.81. The van der Waals surface area contributed by atoms with Gasteiger partial charge in [-0.1, -0.05) is 42.8 Å². The van der Waals surface area contributed by atoms with E-state index >= 15 is 0 Å². The van der Waals surface area contributed by atoms with Crippen molar-refractivity contribution in [2.45, 2.75) is 32.7 Å². The maximum atomic E-state index is 12.2. The van der Waals surface area contributed by atoms with Crippen LogP contribution in [0.15, 0.2) is 54.6 Å². The molecule has 1 heterocycles. The van der Waals surface area contributed by atoms with E-state index < -0.39 is 0 Å². The van der Waals surface area contributed by atoms with Gasteiger partial charge in [0.25, 0.3) is 0 Å². The highest BCUT2D eigenvalue weighted by Crippen LogP contribution is 2.24. The highest BCUT2D eigenvalue weighted by Gasteiger charge is 2.16. The Bertz CT molecular complexity index is 775. The van der Waals surface area contributed by atoms with Crippen molar-refractivity contribution in [3.63, 3.8) is 0 Å². The van der Waals surface area contributed by atoms with Gasteiger partial charge in [0.2, 0.25) is 5.91 Å². The average Bonchev–Trinajstić information content (AvgIpc) is 2.68. The Labute approximate surface area is 167 Å². The molecule has 0 bridgehead atoms. The second-order valence-electron chi connectivity index (χ2n) is 7.38. The van der Waals surface area contributed by atoms with Crippen molar-refractivity contribution in [2.75, 3.05) is 18.0 Å². The topological polar surface area (TPSA) is 32.3 Å². The Morgan fingerprint density at radius 2 is 1.74 bits per heavy atom. The minimum atomic E-state index is -0.105. The highest BCUT2D eigenvalue weighted by atomic mass is 35.5. The molecule has 4 heteroatoms. The minimum Gasteiger partial charge on any atom is -0.372 e. The molecular weight excluding hydrogens is 356 g/mol. The third kappa shape index (κ3) is 5.61. The first-order valence-electron chi connectivity index (χ1n) is 9.60. The molecule has 2 aromatic rings. The Morgan fingerprint density at radius 1 is 1.11 bits per heavy atom. The predicted molar refractivity (Wildman–Crippen MR) is 114 cm³/mol. The molecule has 3 rings (SSSR count). The monoisotopic (exact) mass is 382 g/mol. The molecule has 27 heavy (non-hydrogen) atoms. The summed E-state index contributed by atoms with van der Waals surface area (Å²) in [5.74, 6) is 0.725. The van der Waals surface area contributed by atoms with Crippen molar-refractivity contribution in [2.24, 2.45) is 5.92 Å². The first-order chi connectivity index (χ1) is 13.0. The van der Waals surface area contributed by atoms with E-state index in [1.807, 2.05) is 31.2 Å². The van der Waals surface area contributed by atoms with E-state index in [4.69, 9.17) is 11.6 Å². The number of amides is 1. The summed E-state index contributed by atoms with van der Waals surface area (Å²) in [5, 5.41) is 3.70. The van der Waals surface area contributed by atoms with Crippen LogP contribution in [0.5, 0.6) is 0 Å². The predicted octanol–water partition coefficient (Wildman–Crippen LogP) is 5.47. The zero-order valence-electron chi connectivity index (χ0n) is 16.0. The second kappa shape index (κ2) is 9.09. The van der Waals surface area contributed by atoms with Crippen LogP contribution in [0.2, 0.25) is 5.02 Å². The van der Waals surface area contributed by atoms with Crippen molar-refractivity contribution >= 4 is 29.3 Å². The lowest BCUT2D eigenvalue weighted by atomic mass is 9.98. The van der Waals surface area contributed by atoms with Gasteiger partial charge in [-0.15, -0.1) is 0 Å². The first-order valence-corrected chi connectivity index (χ1v) is 9.98. The summed E-state index contributed by atoms with van der Waals surface area (Å²) in [5.41, 5.74) is 3.33. The van der Waals surface area contributed by atoms with Gasteiger partial charge in [-0.3, -0.25) is 4.79 Å². The van der Waals surface area contributed by atoms with Crippen LogP contribution in [0, 0.1) is 5.92 Å². The standard InChI is InChI=1S/C23H27ClN2O/c1-17-13-15-26(16-14-17)22-10-6-20(7-11-22)18(2)25-23(27)12-5-19-3-8-21(24)9-4-19/h3-12,17-18H,13-16H2,1-2H3,(H,25,27)/b12-5+/t18-/m1/s1. The molecule has 1 aliphatic rings. The Hall–Kier alpha value is -2.26. The van der Waals surface area contributed by atoms with E-state index in [0.717, 1.165) is 30.1 Å². The van der Waals surface area contributed by atoms with Crippen LogP contribution in [0.25, 0.3) is 6.08 Å². The lowest BCUT2D eigenvalue weighted by Gasteiger charge is -2.32. The van der Waals surface area contributed by atoms with Gasteiger partial charge in [0.15, 0.2) is 0 Å². The molecule has 142 valence electrons. The summed E-state index contributed by atoms with van der Waals surface area (Å²) in [6.45, 7) is 6.59. The van der Waals surface area contributed by atoms with Crippen molar-refractivity contribution in [1.82, 2.24) is 5.32 Å². The van der Waals surface area contributed by atoms with E-state index in [-0.39, 0.29) is 11.9 Å². The summed E-state index contributed by atoms with van der Waals surface area (Å²) in [6, 6.07) is 15.9. The molecule has 1 aliphatic heterocycles. The van der Waals surface area contributed by atoms with Crippen molar-refractivity contribution < 1.29 is 4.79 Å². The van der Waals surface area contributed by atoms with Gasteiger partial charge in [0, 0.05) is 29.9 Å². The van der Waals surface area contributed by atoms with E-state index in [0.29, 0.717) is 5.02 Å². The number of halogens is 1. The number of hydrogen-bond donors (Lipinski definition) is 1. The summed E-state index contributed by atoms with van der Waals surface area (Å²) >= 11 is 5.87. The number of nitrogens with one attached hydrogen (secondary N) is 1. The summed E-state index contributed by atoms with van der Waals surface area (Å²) in [4.78, 5) is 14.6. The number of rotatable bonds is 5. The third-order valence-electron chi connectivity index (χ3n) is 5.20. The van der Waals surface area contributed by atoms with Gasteiger partial charge in [0.1, 0.15) is 0 Å². The minimum absolute atomic E-state index is 0.0391. The number of carbonyl (C=O) groups excluding carboxylic acids is 1. The van der Waals surface area contributed by atoms with E-state index in [2.05, 4.69) is 41.4 Å². The van der Waals surface area contributed by atoms with Gasteiger partial charge >= 0.3 is 0 Å². The molecule has 1 N–H and O–H groups in total. The average molecular weight is 383 g/mol. The summed E-state index contributed by atoms with van der Waals surface area (Å²) in [6.07, 6.45) is 5.87. The SMILES string of the molecule is CC1CCN(c2ccc([C@@H](C)NC(=O)/C=C/c3ccc(Cl)cc3)cc2)CC1. The molecule has 0 saturated carbocycles. The third-order valence-corrected chi connectivity index (χ3v) is 5.45. The number of hydrogen-bond acceptors (Lipinski definition) is 2. The fourth-order valence-electron chi connectivity index (χ4n) is 3.33. The summed E-state index contributed by atoms with van der Waals surface area (Å²) < 4.78 is 0. The molecule has 1 saturated heterocycles. The van der Waals surface area contributed by atoms with Crippen LogP contribution in [-0.2, 0) is 4.79 Å². The van der Waals surface area contributed by atoms with Crippen LogP contribution in [0.4, 0.5) is 5.69 Å². The smallest absolute Gasteiger partial charge is 0.244 e. The number of nitrogens with zero attached hydrogens (tertiary/aromatic N) is 1. The Morgan fingerprint density at radius 3 is 2.37 bits per heavy atom. The van der Waals surface area contributed by atoms with Gasteiger partial charge in [-0.05, 0) is 67.2 Å². The molecule has 1 amide bonds. The zero-order valence-corrected chi connectivity index (χ0v) is 16.7. The van der Waals surface area contributed by atoms with Gasteiger partial charge in [-0.2, -0.15) is 0 Å². The molecular formula is C23H27ClN2O. The Balaban J connectivity index is 1.54. The fourth-order valence-corrected chi connectivity index (χ4v) is 3.46. The molecule has 0 unspecified atom stereocenters. The Kier molecular flexibility index (Phi) is 6.57. The van der Waals surface area contributed by atoms with Crippen LogP contribution >= 0.6 is 11.6 Å². The van der Waals surface area contributed by atoms with Crippen LogP contribution in [0.3, 0.4) is 0 Å². The fraction of sp³-hybridized carbons (Fsp3) is 0.348. The van der Waals surface area contributed by atoms with Crippen molar-refractivity contribution in [3.05, 3.63) is 70.8 Å². The van der Waals surface area contributed by atoms with Gasteiger partial charge in [-0.25, -0.2) is 0 Å². The molecule has 3 nitrogen and oxygen atoms in total.